The standard InChI is InChI=1S/C22H23N5O2.C21H19F3N2O2.C21H20FN5O2.C20H18FN5O2.C18H15ClN4O2S/c1-15-13-27-14-19(24-21(27)12-23-15)18-10-16-4-5-17(11-20(16)29-22(18)28)26-7-3-6-25(2)8-9-26;1-13-12-26(8-7-25-13)17-6-5-15-10-18(20(27)28-19(15)11-17)14-3-2-4-16(9-14)21(22,23)24;1-12-8-26(9-13(2)24-12)16-4-3-14-5-17(20(28)29-19(14)6-16)18-11-27-10-15(22)7-23-21(27)25-18;1-12-9-25(5-4-22-12)15-3-2-13-6-16(19(27)28-18(13)7-15)17-11-26-10-14(21)8-23-20(26)24-17;19-16-10-23-9-14(21-18(23)26-16)13-7-11-1-2-12(8-15(11)25-17(13)24)22-5-3-20-4-6-22/h4-5,10-14H,3,6-9H2,1-2H3;2-6,9-11,13,25H,7-8,12H2,1H3;3-7,10-13,24H,8-9H2,1-2H3;2-3,6-8,10-12,22H,4-5,9H2,1H3;1-2,7-10,20H,3-6H2/t;13-;12-,13+;12-;/m.0.0./s1. The van der Waals surface area contributed by atoms with E-state index in [0.717, 1.165) is 196 Å². The van der Waals surface area contributed by atoms with Crippen LogP contribution < -0.4 is 73.9 Å². The predicted molar refractivity (Wildman–Crippen MR) is 534 cm³/mol. The van der Waals surface area contributed by atoms with Gasteiger partial charge in [-0.3, -0.25) is 18.2 Å². The van der Waals surface area contributed by atoms with Crippen LogP contribution in [0.2, 0.25) is 4.34 Å². The largest absolute Gasteiger partial charge is 0.422 e. The average molecular weight is 1940 g/mol. The Bertz CT molecular complexity index is 8210. The van der Waals surface area contributed by atoms with Crippen LogP contribution in [0.15, 0.2) is 260 Å². The molecule has 4 atom stereocenters. The summed E-state index contributed by atoms with van der Waals surface area (Å²) >= 11 is 7.35. The average Bonchev–Trinajstić information content (AvgIpc) is 1.74. The topological polar surface area (TPSA) is 326 Å². The molecule has 13 aromatic heterocycles. The molecule has 0 aliphatic carbocycles. The van der Waals surface area contributed by atoms with Crippen molar-refractivity contribution in [1.82, 2.24) is 78.7 Å². The molecule has 0 saturated carbocycles. The molecule has 31 nitrogen and oxygen atoms in total. The number of rotatable bonds is 10. The first-order valence-corrected chi connectivity index (χ1v) is 47.2. The van der Waals surface area contributed by atoms with Gasteiger partial charge in [-0.05, 0) is 163 Å². The summed E-state index contributed by atoms with van der Waals surface area (Å²) in [7, 11) is 2.15. The molecule has 4 N–H and O–H groups in total. The zero-order valence-electron chi connectivity index (χ0n) is 76.9. The number of aryl methyl sites for hydroxylation is 1. The third-order valence-corrected chi connectivity index (χ3v) is 26.4. The van der Waals surface area contributed by atoms with Gasteiger partial charge < -0.3 is 77.2 Å². The number of anilines is 5. The van der Waals surface area contributed by atoms with Crippen molar-refractivity contribution in [3.8, 4) is 56.2 Å². The minimum atomic E-state index is -4.47. The van der Waals surface area contributed by atoms with E-state index in [1.165, 1.54) is 44.7 Å². The number of imidazole rings is 4. The molecule has 0 radical (unpaired) electrons. The van der Waals surface area contributed by atoms with Crippen LogP contribution in [-0.2, 0) is 6.18 Å². The first kappa shape index (κ1) is 92.8. The van der Waals surface area contributed by atoms with Crippen molar-refractivity contribution in [2.24, 2.45) is 0 Å². The smallest absolute Gasteiger partial charge is 0.416 e. The van der Waals surface area contributed by atoms with Crippen LogP contribution in [0, 0.1) is 18.6 Å². The second-order valence-electron chi connectivity index (χ2n) is 35.8. The van der Waals surface area contributed by atoms with E-state index in [1.54, 1.807) is 49.2 Å². The summed E-state index contributed by atoms with van der Waals surface area (Å²) in [5.41, 5.74) is 10.1. The third-order valence-electron chi connectivity index (χ3n) is 25.3. The Balaban J connectivity index is 0.000000108. The van der Waals surface area contributed by atoms with Crippen molar-refractivity contribution in [2.45, 2.75) is 71.4 Å². The van der Waals surface area contributed by atoms with Gasteiger partial charge in [0.05, 0.1) is 80.4 Å². The maximum absolute atomic E-state index is 13.4. The summed E-state index contributed by atoms with van der Waals surface area (Å²) in [5.74, 6) is -0.315. The lowest BCUT2D eigenvalue weighted by Crippen LogP contribution is -2.54. The molecule has 18 heterocycles. The molecule has 38 heteroatoms. The van der Waals surface area contributed by atoms with Gasteiger partial charge in [-0.25, -0.2) is 62.7 Å². The first-order chi connectivity index (χ1) is 67.6. The molecule has 716 valence electrons. The summed E-state index contributed by atoms with van der Waals surface area (Å²) < 4.78 is 101. The lowest BCUT2D eigenvalue weighted by molar-refractivity contribution is -0.137. The van der Waals surface area contributed by atoms with Crippen molar-refractivity contribution in [2.75, 3.05) is 136 Å². The molecule has 0 bridgehead atoms. The highest BCUT2D eigenvalue weighted by molar-refractivity contribution is 7.20. The molecule has 6 aromatic carbocycles. The van der Waals surface area contributed by atoms with Gasteiger partial charge in [-0.2, -0.15) is 13.2 Å². The number of piperazine rings is 4. The Morgan fingerprint density at radius 1 is 0.400 bits per heavy atom. The molecule has 0 spiro atoms. The molecule has 0 unspecified atom stereocenters. The van der Waals surface area contributed by atoms with Gasteiger partial charge in [0.2, 0.25) is 11.6 Å². The third kappa shape index (κ3) is 20.4. The van der Waals surface area contributed by atoms with E-state index >= 15 is 0 Å². The highest BCUT2D eigenvalue weighted by Crippen LogP contribution is 2.37. The lowest BCUT2D eigenvalue weighted by Gasteiger charge is -2.37. The summed E-state index contributed by atoms with van der Waals surface area (Å²) in [5, 5.41) is 17.7. The molecular formula is C102H95ClF5N21O10S. The van der Waals surface area contributed by atoms with Crippen molar-refractivity contribution in [3.05, 3.63) is 293 Å². The maximum atomic E-state index is 13.4. The van der Waals surface area contributed by atoms with Crippen LogP contribution >= 0.6 is 22.9 Å². The predicted octanol–water partition coefficient (Wildman–Crippen LogP) is 15.7. The molecule has 5 aliphatic rings. The quantitative estimate of drug-likeness (QED) is 0.0730. The van der Waals surface area contributed by atoms with Gasteiger partial charge in [-0.15, -0.1) is 0 Å². The van der Waals surface area contributed by atoms with Crippen molar-refractivity contribution >= 4 is 128 Å². The van der Waals surface area contributed by atoms with E-state index in [9.17, 15) is 45.9 Å². The highest BCUT2D eigenvalue weighted by Gasteiger charge is 2.32. The number of hydrogen-bond donors (Lipinski definition) is 4. The Hall–Kier alpha value is -14.9. The number of hydrogen-bond acceptors (Lipinski definition) is 28. The number of benzene rings is 6. The number of nitrogens with zero attached hydrogens (tertiary/aromatic N) is 17. The number of halogens is 6. The van der Waals surface area contributed by atoms with E-state index in [4.69, 9.17) is 33.7 Å². The lowest BCUT2D eigenvalue weighted by atomic mass is 10.0. The fraction of sp³-hybridized carbons (Fsp3) is 0.275. The fourth-order valence-electron chi connectivity index (χ4n) is 18.4. The second kappa shape index (κ2) is 39.2. The van der Waals surface area contributed by atoms with Crippen molar-refractivity contribution < 1.29 is 44.0 Å². The van der Waals surface area contributed by atoms with Gasteiger partial charge in [0.15, 0.2) is 22.2 Å². The summed E-state index contributed by atoms with van der Waals surface area (Å²) in [6.07, 6.45) is 13.5. The molecule has 140 heavy (non-hydrogen) atoms. The van der Waals surface area contributed by atoms with Crippen LogP contribution in [-0.4, -0.2) is 193 Å². The van der Waals surface area contributed by atoms with Crippen LogP contribution in [0.3, 0.4) is 0 Å². The van der Waals surface area contributed by atoms with E-state index in [2.05, 4.69) is 132 Å². The van der Waals surface area contributed by atoms with Crippen LogP contribution in [0.1, 0.15) is 45.4 Å². The minimum Gasteiger partial charge on any atom is -0.422 e. The Labute approximate surface area is 803 Å². The summed E-state index contributed by atoms with van der Waals surface area (Å²) in [6, 6.07) is 44.5. The number of likely N-dealkylation sites (N-methyl/N-ethyl adjacent to an activating group) is 1. The SMILES string of the molecule is C[C@@H]1CN(c2ccc3cc(-c4cn5cc(F)cnc5n4)c(=O)oc3c2)C[C@H](C)N1.C[C@H]1CN(c2ccc3cc(-c4cccc(C(F)(F)F)c4)c(=O)oc3c2)CCN1.C[C@H]1CN(c2ccc3cc(-c4cn5cc(F)cnc5n4)c(=O)oc3c2)CCN1.Cc1cn2cc(-c3cc4ccc(N5CCCN(C)CC5)cc4oc3=O)nc2cn1.O=c1oc2cc(N3CCNCC3)ccc2cc1-c1cn2cc(Cl)sc2n1. The van der Waals surface area contributed by atoms with E-state index in [1.807, 2.05) is 119 Å². The Morgan fingerprint density at radius 2 is 0.814 bits per heavy atom. The number of alkyl halides is 3. The first-order valence-electron chi connectivity index (χ1n) is 46.0. The number of nitrogens with one attached hydrogen (secondary N) is 4. The Morgan fingerprint density at radius 3 is 1.29 bits per heavy atom. The fourth-order valence-corrected chi connectivity index (χ4v) is 19.4. The normalized spacial score (nSPS) is 17.3. The highest BCUT2D eigenvalue weighted by atomic mass is 35.5. The van der Waals surface area contributed by atoms with Crippen molar-refractivity contribution in [1.29, 1.82) is 0 Å². The molecule has 5 saturated heterocycles. The van der Waals surface area contributed by atoms with E-state index in [0.29, 0.717) is 124 Å². The van der Waals surface area contributed by atoms with E-state index < -0.39 is 40.3 Å². The van der Waals surface area contributed by atoms with Gasteiger partial charge in [-0.1, -0.05) is 35.1 Å². The second-order valence-corrected chi connectivity index (χ2v) is 37.4. The molecular weight excluding hydrogens is 1840 g/mol. The van der Waals surface area contributed by atoms with Crippen LogP contribution in [0.25, 0.3) is 133 Å². The van der Waals surface area contributed by atoms with Gasteiger partial charge in [0.1, 0.15) is 32.3 Å². The monoisotopic (exact) mass is 1940 g/mol. The Kier molecular flexibility index (Phi) is 26.0. The minimum absolute atomic E-state index is 0.113. The van der Waals surface area contributed by atoms with Crippen molar-refractivity contribution in [3.63, 3.8) is 0 Å². The van der Waals surface area contributed by atoms with Crippen LogP contribution in [0.5, 0.6) is 0 Å². The molecule has 24 rings (SSSR count). The molecule has 19 aromatic rings. The zero-order chi connectivity index (χ0) is 96.9. The number of fused-ring (bicyclic) bond motifs is 9. The number of thiazole rings is 1. The summed E-state index contributed by atoms with van der Waals surface area (Å²) in [4.78, 5) is 107. The molecule has 0 amide bonds. The van der Waals surface area contributed by atoms with E-state index in [-0.39, 0.29) is 22.4 Å². The van der Waals surface area contributed by atoms with Gasteiger partial charge >= 0.3 is 34.3 Å². The summed E-state index contributed by atoms with van der Waals surface area (Å²) in [6.45, 7) is 25.5. The van der Waals surface area contributed by atoms with Gasteiger partial charge in [0, 0.05) is 258 Å². The zero-order valence-corrected chi connectivity index (χ0v) is 78.5. The van der Waals surface area contributed by atoms with Crippen LogP contribution in [0.4, 0.5) is 50.4 Å². The molecule has 5 fully saturated rings. The molecule has 5 aliphatic heterocycles. The number of aromatic nitrogens is 11. The van der Waals surface area contributed by atoms with Gasteiger partial charge in [0.25, 0.3) is 0 Å². The maximum Gasteiger partial charge on any atom is 0.416 e.